The van der Waals surface area contributed by atoms with Crippen molar-refractivity contribution in [3.05, 3.63) is 115 Å². The van der Waals surface area contributed by atoms with E-state index >= 15 is 0 Å². The van der Waals surface area contributed by atoms with Crippen LogP contribution in [0.15, 0.2) is 114 Å². The van der Waals surface area contributed by atoms with E-state index in [1.807, 2.05) is 60.7 Å². The molecule has 1 atom stereocenters. The number of carboxylic acid groups (broad SMARTS) is 1. The van der Waals surface area contributed by atoms with Gasteiger partial charge < -0.3 is 5.11 Å². The largest absolute Gasteiger partial charge is 0.480 e. The fourth-order valence-electron chi connectivity index (χ4n) is 3.60. The van der Waals surface area contributed by atoms with Crippen LogP contribution >= 0.6 is 0 Å². The molecule has 0 saturated carbocycles. The highest BCUT2D eigenvalue weighted by molar-refractivity contribution is 7.89. The van der Waals surface area contributed by atoms with Crippen LogP contribution in [-0.2, 0) is 21.2 Å². The van der Waals surface area contributed by atoms with Crippen LogP contribution in [0.2, 0.25) is 0 Å². The number of rotatable bonds is 8. The first-order chi connectivity index (χ1) is 15.9. The molecular weight excluding hydrogens is 434 g/mol. The number of benzene rings is 4. The summed E-state index contributed by atoms with van der Waals surface area (Å²) in [7, 11) is -4.00. The molecule has 0 spiro atoms. The molecule has 33 heavy (non-hydrogen) atoms. The number of sulfonamides is 1. The zero-order chi connectivity index (χ0) is 23.3. The summed E-state index contributed by atoms with van der Waals surface area (Å²) in [5, 5.41) is 9.52. The van der Waals surface area contributed by atoms with Crippen LogP contribution in [0.5, 0.6) is 0 Å². The van der Waals surface area contributed by atoms with Crippen molar-refractivity contribution >= 4 is 16.0 Å². The third-order valence-corrected chi connectivity index (χ3v) is 6.86. The van der Waals surface area contributed by atoms with Crippen LogP contribution in [0.4, 0.5) is 0 Å². The third kappa shape index (κ3) is 5.55. The van der Waals surface area contributed by atoms with Gasteiger partial charge in [-0.3, -0.25) is 4.79 Å². The maximum atomic E-state index is 12.8. The molecule has 0 saturated heterocycles. The average molecular weight is 458 g/mol. The molecule has 0 bridgehead atoms. The smallest absolute Gasteiger partial charge is 0.322 e. The minimum absolute atomic E-state index is 0.0199. The Morgan fingerprint density at radius 3 is 1.58 bits per heavy atom. The second-order valence-corrected chi connectivity index (χ2v) is 9.38. The van der Waals surface area contributed by atoms with E-state index in [4.69, 9.17) is 0 Å². The van der Waals surface area contributed by atoms with Gasteiger partial charge in [0.15, 0.2) is 0 Å². The monoisotopic (exact) mass is 457 g/mol. The van der Waals surface area contributed by atoms with Crippen molar-refractivity contribution in [2.75, 3.05) is 0 Å². The van der Waals surface area contributed by atoms with Crippen molar-refractivity contribution in [2.24, 2.45) is 0 Å². The minimum Gasteiger partial charge on any atom is -0.480 e. The molecule has 0 heterocycles. The van der Waals surface area contributed by atoms with Crippen molar-refractivity contribution < 1.29 is 18.3 Å². The zero-order valence-electron chi connectivity index (χ0n) is 17.8. The normalized spacial score (nSPS) is 12.2. The van der Waals surface area contributed by atoms with Crippen LogP contribution < -0.4 is 4.72 Å². The highest BCUT2D eigenvalue weighted by atomic mass is 32.2. The molecule has 1 unspecified atom stereocenters. The summed E-state index contributed by atoms with van der Waals surface area (Å²) in [6.07, 6.45) is 0.0568. The zero-order valence-corrected chi connectivity index (χ0v) is 18.6. The summed E-state index contributed by atoms with van der Waals surface area (Å²) in [5.74, 6) is -1.22. The van der Waals surface area contributed by atoms with Gasteiger partial charge in [-0.1, -0.05) is 97.1 Å². The lowest BCUT2D eigenvalue weighted by molar-refractivity contribution is -0.138. The summed E-state index contributed by atoms with van der Waals surface area (Å²) in [5.41, 5.74) is 4.79. The van der Waals surface area contributed by atoms with Crippen molar-refractivity contribution in [1.82, 2.24) is 4.72 Å². The van der Waals surface area contributed by atoms with Gasteiger partial charge in [-0.25, -0.2) is 8.42 Å². The van der Waals surface area contributed by atoms with Gasteiger partial charge in [0.1, 0.15) is 6.04 Å². The van der Waals surface area contributed by atoms with E-state index in [0.717, 1.165) is 27.8 Å². The van der Waals surface area contributed by atoms with Gasteiger partial charge in [-0.05, 0) is 46.4 Å². The Labute approximate surface area is 193 Å². The fourth-order valence-corrected chi connectivity index (χ4v) is 4.79. The fraction of sp³-hybridized carbons (Fsp3) is 0.0741. The van der Waals surface area contributed by atoms with Crippen molar-refractivity contribution in [3.8, 4) is 22.3 Å². The van der Waals surface area contributed by atoms with E-state index in [0.29, 0.717) is 0 Å². The van der Waals surface area contributed by atoms with Gasteiger partial charge in [0.25, 0.3) is 0 Å². The Hall–Kier alpha value is -3.74. The number of hydrogen-bond donors (Lipinski definition) is 2. The molecule has 6 heteroatoms. The standard InChI is InChI=1S/C27H23NO4S/c29-27(30)26(19-20-7-3-1-4-8-20)28-33(31,32)25-17-15-24(16-18-25)23-13-11-22(12-14-23)21-9-5-2-6-10-21/h1-18,26,28H,19H2,(H,29,30). The lowest BCUT2D eigenvalue weighted by Crippen LogP contribution is -2.42. The summed E-state index contributed by atoms with van der Waals surface area (Å²) in [6.45, 7) is 0. The van der Waals surface area contributed by atoms with Gasteiger partial charge in [-0.15, -0.1) is 0 Å². The van der Waals surface area contributed by atoms with Crippen molar-refractivity contribution in [2.45, 2.75) is 17.4 Å². The number of aliphatic carboxylic acids is 1. The molecule has 0 aromatic heterocycles. The number of carbonyl (C=O) groups is 1. The van der Waals surface area contributed by atoms with Gasteiger partial charge in [0.2, 0.25) is 10.0 Å². The van der Waals surface area contributed by atoms with E-state index in [1.54, 1.807) is 36.4 Å². The highest BCUT2D eigenvalue weighted by Gasteiger charge is 2.25. The van der Waals surface area contributed by atoms with Crippen LogP contribution in [0, 0.1) is 0 Å². The van der Waals surface area contributed by atoms with Crippen LogP contribution in [-0.4, -0.2) is 25.5 Å². The lowest BCUT2D eigenvalue weighted by atomic mass is 10.0. The quantitative estimate of drug-likeness (QED) is 0.390. The molecule has 2 N–H and O–H groups in total. The highest BCUT2D eigenvalue weighted by Crippen LogP contribution is 2.26. The van der Waals surface area contributed by atoms with E-state index in [1.165, 1.54) is 12.1 Å². The Bertz CT molecular complexity index is 1320. The summed E-state index contributed by atoms with van der Waals surface area (Å²) < 4.78 is 27.9. The Kier molecular flexibility index (Phi) is 6.68. The maximum Gasteiger partial charge on any atom is 0.322 e. The SMILES string of the molecule is O=C(O)C(Cc1ccccc1)NS(=O)(=O)c1ccc(-c2ccc(-c3ccccc3)cc2)cc1. The first kappa shape index (κ1) is 22.5. The Balaban J connectivity index is 1.50. The molecule has 4 rings (SSSR count). The van der Waals surface area contributed by atoms with E-state index in [-0.39, 0.29) is 11.3 Å². The molecule has 166 valence electrons. The van der Waals surface area contributed by atoms with Crippen LogP contribution in [0.25, 0.3) is 22.3 Å². The van der Waals surface area contributed by atoms with E-state index in [9.17, 15) is 18.3 Å². The molecule has 0 aliphatic heterocycles. The molecule has 0 aliphatic rings. The topological polar surface area (TPSA) is 83.5 Å². The van der Waals surface area contributed by atoms with Crippen LogP contribution in [0.1, 0.15) is 5.56 Å². The second-order valence-electron chi connectivity index (χ2n) is 7.67. The van der Waals surface area contributed by atoms with Gasteiger partial charge in [0.05, 0.1) is 4.90 Å². The molecule has 4 aromatic rings. The molecule has 0 aliphatic carbocycles. The summed E-state index contributed by atoms with van der Waals surface area (Å²) in [6, 6.07) is 32.2. The Morgan fingerprint density at radius 2 is 1.09 bits per heavy atom. The van der Waals surface area contributed by atoms with Gasteiger partial charge in [-0.2, -0.15) is 4.72 Å². The Morgan fingerprint density at radius 1 is 0.667 bits per heavy atom. The predicted octanol–water partition coefficient (Wildman–Crippen LogP) is 4.99. The van der Waals surface area contributed by atoms with Gasteiger partial charge in [0, 0.05) is 0 Å². The lowest BCUT2D eigenvalue weighted by Gasteiger charge is -2.15. The molecule has 0 radical (unpaired) electrons. The van der Waals surface area contributed by atoms with Crippen molar-refractivity contribution in [3.63, 3.8) is 0 Å². The third-order valence-electron chi connectivity index (χ3n) is 5.37. The average Bonchev–Trinajstić information content (AvgIpc) is 2.85. The predicted molar refractivity (Wildman–Crippen MR) is 129 cm³/mol. The summed E-state index contributed by atoms with van der Waals surface area (Å²) in [4.78, 5) is 11.7. The van der Waals surface area contributed by atoms with Crippen molar-refractivity contribution in [1.29, 1.82) is 0 Å². The number of nitrogens with one attached hydrogen (secondary N) is 1. The van der Waals surface area contributed by atoms with E-state index in [2.05, 4.69) is 4.72 Å². The molecular formula is C27H23NO4S. The first-order valence-electron chi connectivity index (χ1n) is 10.5. The maximum absolute atomic E-state index is 12.8. The molecule has 4 aromatic carbocycles. The van der Waals surface area contributed by atoms with E-state index < -0.39 is 22.0 Å². The second kappa shape index (κ2) is 9.81. The summed E-state index contributed by atoms with van der Waals surface area (Å²) >= 11 is 0. The molecule has 0 amide bonds. The number of carboxylic acids is 1. The van der Waals surface area contributed by atoms with Crippen LogP contribution in [0.3, 0.4) is 0 Å². The molecule has 5 nitrogen and oxygen atoms in total. The first-order valence-corrected chi connectivity index (χ1v) is 12.0. The molecule has 0 fully saturated rings. The van der Waals surface area contributed by atoms with Gasteiger partial charge >= 0.3 is 5.97 Å². The number of hydrogen-bond acceptors (Lipinski definition) is 3. The minimum atomic E-state index is -4.00.